The van der Waals surface area contributed by atoms with E-state index in [9.17, 15) is 14.4 Å². The molecule has 28 heavy (non-hydrogen) atoms. The fourth-order valence-corrected chi connectivity index (χ4v) is 3.74. The lowest BCUT2D eigenvalue weighted by Gasteiger charge is -2.37. The number of benzene rings is 1. The molecular formula is C19H27ClN4O4. The van der Waals surface area contributed by atoms with Crippen molar-refractivity contribution in [1.82, 2.24) is 20.2 Å². The molecule has 9 heteroatoms. The SMILES string of the molecule is CCn1c(=O)c(=O)[nH]c2cc(C(=O)NCC3(COC)CCNCC3)ccc21.Cl. The van der Waals surface area contributed by atoms with Crippen LogP contribution >= 0.6 is 12.4 Å². The van der Waals surface area contributed by atoms with E-state index in [0.29, 0.717) is 36.3 Å². The quantitative estimate of drug-likeness (QED) is 0.613. The lowest BCUT2D eigenvalue weighted by atomic mass is 9.79. The third kappa shape index (κ3) is 4.45. The summed E-state index contributed by atoms with van der Waals surface area (Å²) in [5.74, 6) is -0.207. The van der Waals surface area contributed by atoms with Gasteiger partial charge in [-0.05, 0) is 51.1 Å². The van der Waals surface area contributed by atoms with Gasteiger partial charge in [0.15, 0.2) is 0 Å². The van der Waals surface area contributed by atoms with Crippen molar-refractivity contribution in [2.45, 2.75) is 26.3 Å². The molecule has 2 aromatic rings. The molecule has 1 aliphatic rings. The van der Waals surface area contributed by atoms with Gasteiger partial charge in [0, 0.05) is 31.2 Å². The molecule has 1 aliphatic heterocycles. The summed E-state index contributed by atoms with van der Waals surface area (Å²) in [6.45, 7) is 5.14. The number of nitrogens with one attached hydrogen (secondary N) is 3. The van der Waals surface area contributed by atoms with Crippen LogP contribution in [-0.4, -0.2) is 48.8 Å². The van der Waals surface area contributed by atoms with Crippen molar-refractivity contribution in [3.63, 3.8) is 0 Å². The second-order valence-electron chi connectivity index (χ2n) is 7.10. The van der Waals surface area contributed by atoms with E-state index in [2.05, 4.69) is 15.6 Å². The van der Waals surface area contributed by atoms with Crippen LogP contribution in [0.3, 0.4) is 0 Å². The second kappa shape index (κ2) is 9.36. The van der Waals surface area contributed by atoms with Crippen LogP contribution in [0.5, 0.6) is 0 Å². The Kier molecular flexibility index (Phi) is 7.40. The average Bonchev–Trinajstić information content (AvgIpc) is 2.68. The zero-order valence-electron chi connectivity index (χ0n) is 16.2. The van der Waals surface area contributed by atoms with E-state index < -0.39 is 11.1 Å². The molecule has 154 valence electrons. The molecule has 3 N–H and O–H groups in total. The van der Waals surface area contributed by atoms with E-state index in [1.165, 1.54) is 4.57 Å². The Morgan fingerprint density at radius 3 is 2.64 bits per heavy atom. The summed E-state index contributed by atoms with van der Waals surface area (Å²) in [6.07, 6.45) is 1.88. The smallest absolute Gasteiger partial charge is 0.316 e. The fourth-order valence-electron chi connectivity index (χ4n) is 3.74. The number of hydrogen-bond acceptors (Lipinski definition) is 5. The Balaban J connectivity index is 0.00000280. The summed E-state index contributed by atoms with van der Waals surface area (Å²) < 4.78 is 6.78. The highest BCUT2D eigenvalue weighted by atomic mass is 35.5. The lowest BCUT2D eigenvalue weighted by molar-refractivity contribution is 0.0512. The third-order valence-corrected chi connectivity index (χ3v) is 5.29. The van der Waals surface area contributed by atoms with Gasteiger partial charge in [-0.15, -0.1) is 12.4 Å². The maximum Gasteiger partial charge on any atom is 0.316 e. The standard InChI is InChI=1S/C19H26N4O4.ClH/c1-3-23-15-5-4-13(10-14(15)22-17(25)18(23)26)16(24)21-11-19(12-27-2)6-8-20-9-7-19;/h4-5,10,20H,3,6-9,11-12H2,1-2H3,(H,21,24)(H,22,25);1H. The summed E-state index contributed by atoms with van der Waals surface area (Å²) >= 11 is 0. The van der Waals surface area contributed by atoms with Gasteiger partial charge < -0.3 is 24.9 Å². The topological polar surface area (TPSA) is 105 Å². The molecule has 1 saturated heterocycles. The van der Waals surface area contributed by atoms with Crippen LogP contribution in [0.4, 0.5) is 0 Å². The number of carbonyl (C=O) groups excluding carboxylic acids is 1. The molecule has 2 heterocycles. The van der Waals surface area contributed by atoms with E-state index in [1.54, 1.807) is 32.2 Å². The molecule has 0 saturated carbocycles. The van der Waals surface area contributed by atoms with Crippen LogP contribution in [0.15, 0.2) is 27.8 Å². The highest BCUT2D eigenvalue weighted by Crippen LogP contribution is 2.28. The van der Waals surface area contributed by atoms with Crippen molar-refractivity contribution < 1.29 is 9.53 Å². The van der Waals surface area contributed by atoms with Crippen molar-refractivity contribution in [1.29, 1.82) is 0 Å². The van der Waals surface area contributed by atoms with Crippen molar-refractivity contribution in [2.75, 3.05) is 33.4 Å². The Morgan fingerprint density at radius 2 is 2.00 bits per heavy atom. The summed E-state index contributed by atoms with van der Waals surface area (Å²) in [4.78, 5) is 39.0. The molecule has 1 fully saturated rings. The molecule has 1 amide bonds. The minimum Gasteiger partial charge on any atom is -0.384 e. The van der Waals surface area contributed by atoms with Crippen molar-refractivity contribution in [3.05, 3.63) is 44.5 Å². The Labute approximate surface area is 169 Å². The first kappa shape index (κ1) is 22.1. The van der Waals surface area contributed by atoms with Gasteiger partial charge in [-0.2, -0.15) is 0 Å². The van der Waals surface area contributed by atoms with Gasteiger partial charge in [0.2, 0.25) is 0 Å². The first-order valence-electron chi connectivity index (χ1n) is 9.24. The van der Waals surface area contributed by atoms with Crippen LogP contribution in [0.1, 0.15) is 30.1 Å². The second-order valence-corrected chi connectivity index (χ2v) is 7.10. The number of halogens is 1. The molecular weight excluding hydrogens is 384 g/mol. The largest absolute Gasteiger partial charge is 0.384 e. The highest BCUT2D eigenvalue weighted by molar-refractivity contribution is 5.97. The van der Waals surface area contributed by atoms with E-state index in [4.69, 9.17) is 4.74 Å². The van der Waals surface area contributed by atoms with Crippen molar-refractivity contribution in [2.24, 2.45) is 5.41 Å². The van der Waals surface area contributed by atoms with Gasteiger partial charge in [0.05, 0.1) is 17.6 Å². The van der Waals surface area contributed by atoms with Gasteiger partial charge in [0.25, 0.3) is 5.91 Å². The summed E-state index contributed by atoms with van der Waals surface area (Å²) in [7, 11) is 1.68. The van der Waals surface area contributed by atoms with Gasteiger partial charge in [0.1, 0.15) is 0 Å². The molecule has 1 aromatic carbocycles. The van der Waals surface area contributed by atoms with E-state index >= 15 is 0 Å². The fraction of sp³-hybridized carbons (Fsp3) is 0.526. The number of hydrogen-bond donors (Lipinski definition) is 3. The van der Waals surface area contributed by atoms with Crippen LogP contribution in [-0.2, 0) is 11.3 Å². The van der Waals surface area contributed by atoms with Gasteiger partial charge in [-0.1, -0.05) is 0 Å². The zero-order chi connectivity index (χ0) is 19.4. The maximum atomic E-state index is 12.7. The number of H-pyrrole nitrogens is 1. The number of methoxy groups -OCH3 is 1. The minimum atomic E-state index is -0.685. The molecule has 1 aromatic heterocycles. The molecule has 0 atom stereocenters. The van der Waals surface area contributed by atoms with E-state index in [0.717, 1.165) is 25.9 Å². The summed E-state index contributed by atoms with van der Waals surface area (Å²) in [5.41, 5.74) is 0.186. The van der Waals surface area contributed by atoms with Crippen molar-refractivity contribution in [3.8, 4) is 0 Å². The summed E-state index contributed by atoms with van der Waals surface area (Å²) in [5, 5.41) is 6.33. The first-order chi connectivity index (χ1) is 13.0. The molecule has 0 unspecified atom stereocenters. The monoisotopic (exact) mass is 410 g/mol. The van der Waals surface area contributed by atoms with Gasteiger partial charge in [-0.25, -0.2) is 0 Å². The number of nitrogens with zero attached hydrogens (tertiary/aromatic N) is 1. The number of rotatable bonds is 6. The zero-order valence-corrected chi connectivity index (χ0v) is 17.0. The normalized spacial score (nSPS) is 15.8. The number of aromatic amines is 1. The van der Waals surface area contributed by atoms with Crippen LogP contribution in [0, 0.1) is 5.41 Å². The predicted molar refractivity (Wildman–Crippen MR) is 110 cm³/mol. The maximum absolute atomic E-state index is 12.7. The third-order valence-electron chi connectivity index (χ3n) is 5.29. The highest BCUT2D eigenvalue weighted by Gasteiger charge is 2.32. The average molecular weight is 411 g/mol. The molecule has 0 radical (unpaired) electrons. The first-order valence-corrected chi connectivity index (χ1v) is 9.24. The molecule has 3 rings (SSSR count). The van der Waals surface area contributed by atoms with Crippen LogP contribution in [0.2, 0.25) is 0 Å². The van der Waals surface area contributed by atoms with Gasteiger partial charge in [-0.3, -0.25) is 14.4 Å². The van der Waals surface area contributed by atoms with Crippen molar-refractivity contribution >= 4 is 29.3 Å². The lowest BCUT2D eigenvalue weighted by Crippen LogP contribution is -2.47. The molecule has 0 aliphatic carbocycles. The molecule has 0 bridgehead atoms. The Hall–Kier alpha value is -2.16. The van der Waals surface area contributed by atoms with E-state index in [1.807, 2.05) is 0 Å². The number of amides is 1. The number of piperidine rings is 1. The predicted octanol–water partition coefficient (Wildman–Crippen LogP) is 0.877. The van der Waals surface area contributed by atoms with Crippen LogP contribution in [0.25, 0.3) is 11.0 Å². The number of carbonyl (C=O) groups is 1. The van der Waals surface area contributed by atoms with E-state index in [-0.39, 0.29) is 23.7 Å². The Morgan fingerprint density at radius 1 is 1.29 bits per heavy atom. The number of fused-ring (bicyclic) bond motifs is 1. The Bertz CT molecular complexity index is 942. The summed E-state index contributed by atoms with van der Waals surface area (Å²) in [6, 6.07) is 4.98. The molecule has 0 spiro atoms. The number of aromatic nitrogens is 2. The number of aryl methyl sites for hydroxylation is 1. The van der Waals surface area contributed by atoms with Gasteiger partial charge >= 0.3 is 11.1 Å². The minimum absolute atomic E-state index is 0. The van der Waals surface area contributed by atoms with Crippen LogP contribution < -0.4 is 21.8 Å². The number of ether oxygens (including phenoxy) is 1. The molecule has 8 nitrogen and oxygen atoms in total.